The van der Waals surface area contributed by atoms with Crippen LogP contribution in [0.15, 0.2) is 30.3 Å². The quantitative estimate of drug-likeness (QED) is 0.696. The maximum absolute atomic E-state index is 11.7. The zero-order chi connectivity index (χ0) is 19.5. The summed E-state index contributed by atoms with van der Waals surface area (Å²) in [4.78, 5) is 11.7. The molecular weight excluding hydrogens is 371 g/mol. The number of aryl methyl sites for hydroxylation is 1. The van der Waals surface area contributed by atoms with Gasteiger partial charge in [0.15, 0.2) is 0 Å². The zero-order valence-corrected chi connectivity index (χ0v) is 17.2. The van der Waals surface area contributed by atoms with E-state index in [-0.39, 0.29) is 0 Å². The van der Waals surface area contributed by atoms with Crippen LogP contribution in [0.3, 0.4) is 0 Å². The summed E-state index contributed by atoms with van der Waals surface area (Å²) >= 11 is 12.5. The molecule has 1 amide bonds. The first kappa shape index (κ1) is 20.4. The second-order valence-corrected chi connectivity index (χ2v) is 7.81. The summed E-state index contributed by atoms with van der Waals surface area (Å²) < 4.78 is 7.27. The summed E-state index contributed by atoms with van der Waals surface area (Å²) in [6, 6.07) is 7.65. The van der Waals surface area contributed by atoms with E-state index in [4.69, 9.17) is 27.9 Å². The van der Waals surface area contributed by atoms with E-state index in [1.54, 1.807) is 6.07 Å². The highest BCUT2D eigenvalue weighted by Crippen LogP contribution is 2.31. The van der Waals surface area contributed by atoms with Crippen molar-refractivity contribution in [3.8, 4) is 5.69 Å². The van der Waals surface area contributed by atoms with Gasteiger partial charge < -0.3 is 14.6 Å². The van der Waals surface area contributed by atoms with Gasteiger partial charge >= 0.3 is 6.09 Å². The Bertz CT molecular complexity index is 833. The Balaban J connectivity index is 2.13. The maximum Gasteiger partial charge on any atom is 0.407 e. The van der Waals surface area contributed by atoms with Gasteiger partial charge in [-0.05, 0) is 58.4 Å². The molecule has 0 aliphatic carbocycles. The molecule has 0 spiro atoms. The molecule has 0 atom stereocenters. The summed E-state index contributed by atoms with van der Waals surface area (Å²) in [6.45, 7) is 9.91. The maximum atomic E-state index is 11.7. The molecule has 0 saturated carbocycles. The van der Waals surface area contributed by atoms with Gasteiger partial charge in [0, 0.05) is 17.9 Å². The Labute approximate surface area is 164 Å². The van der Waals surface area contributed by atoms with E-state index in [1.807, 2.05) is 58.9 Å². The van der Waals surface area contributed by atoms with Crippen LogP contribution in [0, 0.1) is 13.8 Å². The average Bonchev–Trinajstić information content (AvgIpc) is 2.79. The number of ether oxygens (including phenoxy) is 1. The lowest BCUT2D eigenvalue weighted by Gasteiger charge is -2.19. The molecule has 0 bridgehead atoms. The van der Waals surface area contributed by atoms with Crippen LogP contribution in [0.1, 0.15) is 37.7 Å². The lowest BCUT2D eigenvalue weighted by molar-refractivity contribution is 0.0534. The van der Waals surface area contributed by atoms with Crippen molar-refractivity contribution in [1.82, 2.24) is 9.88 Å². The molecule has 0 aliphatic heterocycles. The molecule has 0 unspecified atom stereocenters. The summed E-state index contributed by atoms with van der Waals surface area (Å²) in [5.41, 5.74) is 3.48. The lowest BCUT2D eigenvalue weighted by atomic mass is 10.2. The van der Waals surface area contributed by atoms with E-state index < -0.39 is 11.7 Å². The number of nitrogens with zero attached hydrogens (tertiary/aromatic N) is 1. The van der Waals surface area contributed by atoms with Gasteiger partial charge in [-0.2, -0.15) is 0 Å². The highest BCUT2D eigenvalue weighted by Gasteiger charge is 2.15. The number of rotatable bonds is 4. The van der Waals surface area contributed by atoms with Crippen molar-refractivity contribution in [3.63, 3.8) is 0 Å². The second kappa shape index (κ2) is 8.19. The monoisotopic (exact) mass is 394 g/mol. The minimum atomic E-state index is -0.505. The van der Waals surface area contributed by atoms with Crippen molar-refractivity contribution in [2.75, 3.05) is 6.54 Å². The number of alkyl carbamates (subject to hydrolysis) is 1. The van der Waals surface area contributed by atoms with Gasteiger partial charge in [-0.25, -0.2) is 4.79 Å². The average molecular weight is 395 g/mol. The van der Waals surface area contributed by atoms with Crippen molar-refractivity contribution in [1.29, 1.82) is 0 Å². The van der Waals surface area contributed by atoms with E-state index >= 15 is 0 Å². The van der Waals surface area contributed by atoms with Crippen molar-refractivity contribution in [2.45, 2.75) is 40.2 Å². The van der Waals surface area contributed by atoms with Gasteiger partial charge in [0.05, 0.1) is 15.7 Å². The first-order chi connectivity index (χ1) is 12.1. The van der Waals surface area contributed by atoms with E-state index in [0.29, 0.717) is 16.6 Å². The number of carbonyl (C=O) groups is 1. The van der Waals surface area contributed by atoms with Crippen molar-refractivity contribution < 1.29 is 9.53 Å². The van der Waals surface area contributed by atoms with Crippen LogP contribution in [0.4, 0.5) is 4.79 Å². The van der Waals surface area contributed by atoms with E-state index in [1.165, 1.54) is 0 Å². The number of amides is 1. The van der Waals surface area contributed by atoms with Crippen LogP contribution in [0.2, 0.25) is 10.0 Å². The minimum Gasteiger partial charge on any atom is -0.444 e. The third-order valence-electron chi connectivity index (χ3n) is 3.70. The number of hydrogen-bond donors (Lipinski definition) is 1. The van der Waals surface area contributed by atoms with Gasteiger partial charge in [-0.1, -0.05) is 41.4 Å². The fourth-order valence-electron chi connectivity index (χ4n) is 2.63. The number of benzene rings is 1. The smallest absolute Gasteiger partial charge is 0.407 e. The summed E-state index contributed by atoms with van der Waals surface area (Å²) in [5, 5.41) is 3.75. The fraction of sp³-hybridized carbons (Fsp3) is 0.350. The number of halogens is 2. The molecule has 0 aliphatic rings. The molecule has 0 saturated heterocycles. The fourth-order valence-corrected chi connectivity index (χ4v) is 3.01. The van der Waals surface area contributed by atoms with Gasteiger partial charge in [0.1, 0.15) is 5.60 Å². The number of hydrogen-bond acceptors (Lipinski definition) is 2. The second-order valence-electron chi connectivity index (χ2n) is 7.02. The van der Waals surface area contributed by atoms with E-state index in [0.717, 1.165) is 22.6 Å². The highest BCUT2D eigenvalue weighted by atomic mass is 35.5. The Morgan fingerprint density at radius 2 is 1.96 bits per heavy atom. The highest BCUT2D eigenvalue weighted by molar-refractivity contribution is 6.43. The topological polar surface area (TPSA) is 43.3 Å². The minimum absolute atomic E-state index is 0.385. The molecular formula is C20H24Cl2N2O2. The Morgan fingerprint density at radius 3 is 2.62 bits per heavy atom. The molecule has 4 nitrogen and oxygen atoms in total. The SMILES string of the molecule is Cc1cc(C=CCNC(=O)OC(C)(C)C)c(C)n1-c1cccc(Cl)c1Cl. The number of aromatic nitrogens is 1. The first-order valence-electron chi connectivity index (χ1n) is 8.37. The first-order valence-corrected chi connectivity index (χ1v) is 9.12. The van der Waals surface area contributed by atoms with E-state index in [2.05, 4.69) is 16.0 Å². The number of carbonyl (C=O) groups excluding carboxylic acids is 1. The van der Waals surface area contributed by atoms with Crippen molar-refractivity contribution >= 4 is 35.4 Å². The van der Waals surface area contributed by atoms with Crippen molar-refractivity contribution in [3.05, 3.63) is 57.3 Å². The molecule has 140 valence electrons. The van der Waals surface area contributed by atoms with Crippen LogP contribution in [-0.2, 0) is 4.74 Å². The standard InChI is InChI=1S/C20H24Cl2N2O2/c1-13-12-15(8-7-11-23-19(25)26-20(3,4)5)14(2)24(13)17-10-6-9-16(21)18(17)22/h6-10,12H,11H2,1-5H3,(H,23,25). The molecule has 6 heteroatoms. The Hall–Kier alpha value is -1.91. The normalized spacial score (nSPS) is 11.8. The molecule has 1 heterocycles. The molecule has 1 aromatic carbocycles. The summed E-state index contributed by atoms with van der Waals surface area (Å²) in [7, 11) is 0. The Kier molecular flexibility index (Phi) is 6.43. The van der Waals surface area contributed by atoms with E-state index in [9.17, 15) is 4.79 Å². The zero-order valence-electron chi connectivity index (χ0n) is 15.7. The van der Waals surface area contributed by atoms with Gasteiger partial charge in [-0.3, -0.25) is 0 Å². The summed E-state index contributed by atoms with van der Waals surface area (Å²) in [5.74, 6) is 0. The van der Waals surface area contributed by atoms with Crippen LogP contribution in [-0.4, -0.2) is 22.8 Å². The van der Waals surface area contributed by atoms with Gasteiger partial charge in [0.25, 0.3) is 0 Å². The van der Waals surface area contributed by atoms with Crippen molar-refractivity contribution in [2.24, 2.45) is 0 Å². The molecule has 0 radical (unpaired) electrons. The summed E-state index contributed by atoms with van der Waals surface area (Å²) in [6.07, 6.45) is 3.42. The van der Waals surface area contributed by atoms with Crippen LogP contribution < -0.4 is 5.32 Å². The number of nitrogens with one attached hydrogen (secondary N) is 1. The molecule has 1 N–H and O–H groups in total. The largest absolute Gasteiger partial charge is 0.444 e. The molecule has 26 heavy (non-hydrogen) atoms. The van der Waals surface area contributed by atoms with Gasteiger partial charge in [0.2, 0.25) is 0 Å². The Morgan fingerprint density at radius 1 is 1.27 bits per heavy atom. The van der Waals surface area contributed by atoms with Crippen LogP contribution in [0.5, 0.6) is 0 Å². The molecule has 1 aromatic heterocycles. The third kappa shape index (κ3) is 5.05. The predicted molar refractivity (Wildman–Crippen MR) is 109 cm³/mol. The third-order valence-corrected chi connectivity index (χ3v) is 4.51. The predicted octanol–water partition coefficient (Wildman–Crippen LogP) is 5.94. The van der Waals surface area contributed by atoms with Gasteiger partial charge in [-0.15, -0.1) is 0 Å². The van der Waals surface area contributed by atoms with Crippen LogP contribution in [0.25, 0.3) is 11.8 Å². The van der Waals surface area contributed by atoms with Crippen LogP contribution >= 0.6 is 23.2 Å². The molecule has 2 rings (SSSR count). The molecule has 0 fully saturated rings. The lowest BCUT2D eigenvalue weighted by Crippen LogP contribution is -2.32. The molecule has 2 aromatic rings.